The van der Waals surface area contributed by atoms with Crippen molar-refractivity contribution in [3.05, 3.63) is 29.6 Å². The maximum absolute atomic E-state index is 11.5. The number of carbonyl (C=O) groups excluding carboxylic acids is 1. The van der Waals surface area contributed by atoms with Crippen LogP contribution in [0.2, 0.25) is 0 Å². The first-order valence-electron chi connectivity index (χ1n) is 5.06. The van der Waals surface area contributed by atoms with E-state index in [1.165, 1.54) is 11.3 Å². The third-order valence-electron chi connectivity index (χ3n) is 2.16. The van der Waals surface area contributed by atoms with Crippen molar-refractivity contribution in [2.45, 2.75) is 3.79 Å². The molecule has 0 spiro atoms. The first-order valence-corrected chi connectivity index (χ1v) is 7.07. The molecule has 2 aromatic rings. The van der Waals surface area contributed by atoms with Gasteiger partial charge in [-0.1, -0.05) is 46.9 Å². The number of thiazole rings is 1. The van der Waals surface area contributed by atoms with E-state index in [1.807, 2.05) is 12.1 Å². The monoisotopic (exact) mass is 335 g/mol. The highest BCUT2D eigenvalue weighted by molar-refractivity contribution is 7.14. The number of aromatic nitrogens is 1. The van der Waals surface area contributed by atoms with Gasteiger partial charge in [0.05, 0.1) is 5.69 Å². The molecule has 0 aliphatic heterocycles. The summed E-state index contributed by atoms with van der Waals surface area (Å²) in [6.45, 7) is 0. The molecular weight excluding hydrogens is 329 g/mol. The number of amides is 1. The molecule has 0 saturated carbocycles. The Labute approximate surface area is 128 Å². The predicted molar refractivity (Wildman–Crippen MR) is 80.9 cm³/mol. The molecule has 0 unspecified atom stereocenters. The molecule has 0 bridgehead atoms. The second kappa shape index (κ2) is 5.54. The largest absolute Gasteiger partial charge is 0.399 e. The number of anilines is 2. The fraction of sp³-hybridized carbons (Fsp3) is 0.0909. The molecule has 1 aromatic carbocycles. The van der Waals surface area contributed by atoms with Crippen molar-refractivity contribution >= 4 is 62.9 Å². The number of hydrogen-bond acceptors (Lipinski definition) is 4. The molecule has 0 atom stereocenters. The average Bonchev–Trinajstić information content (AvgIpc) is 2.76. The fourth-order valence-corrected chi connectivity index (χ4v) is 2.19. The van der Waals surface area contributed by atoms with Crippen LogP contribution in [0, 0.1) is 0 Å². The fourth-order valence-electron chi connectivity index (χ4n) is 1.33. The summed E-state index contributed by atoms with van der Waals surface area (Å²) in [5, 5.41) is 4.56. The summed E-state index contributed by atoms with van der Waals surface area (Å²) in [7, 11) is 0. The number of nitrogen functional groups attached to an aromatic ring is 1. The standard InChI is InChI=1S/C11H8Cl3N3OS/c12-11(13,14)9(18)17-10-16-8(5-19-10)6-2-1-3-7(15)4-6/h1-5H,15H2,(H,16,17,18). The zero-order chi connectivity index (χ0) is 14.0. The van der Waals surface area contributed by atoms with Crippen LogP contribution < -0.4 is 11.1 Å². The number of alkyl halides is 3. The van der Waals surface area contributed by atoms with Crippen molar-refractivity contribution < 1.29 is 4.79 Å². The zero-order valence-corrected chi connectivity index (χ0v) is 12.4. The maximum atomic E-state index is 11.5. The van der Waals surface area contributed by atoms with Gasteiger partial charge in [0.25, 0.3) is 9.70 Å². The van der Waals surface area contributed by atoms with Gasteiger partial charge in [0.1, 0.15) is 0 Å². The molecule has 3 N–H and O–H groups in total. The Balaban J connectivity index is 2.18. The van der Waals surface area contributed by atoms with E-state index in [4.69, 9.17) is 40.5 Å². The molecule has 8 heteroatoms. The molecule has 0 fully saturated rings. The van der Waals surface area contributed by atoms with Crippen LogP contribution in [0.15, 0.2) is 29.6 Å². The van der Waals surface area contributed by atoms with Gasteiger partial charge in [-0.3, -0.25) is 10.1 Å². The van der Waals surface area contributed by atoms with Crippen LogP contribution in [0.25, 0.3) is 11.3 Å². The van der Waals surface area contributed by atoms with E-state index in [9.17, 15) is 4.79 Å². The Morgan fingerprint density at radius 3 is 2.74 bits per heavy atom. The molecule has 0 saturated heterocycles. The Morgan fingerprint density at radius 1 is 1.37 bits per heavy atom. The number of nitrogens with one attached hydrogen (secondary N) is 1. The van der Waals surface area contributed by atoms with Crippen LogP contribution in [-0.4, -0.2) is 14.7 Å². The van der Waals surface area contributed by atoms with Crippen molar-refractivity contribution in [3.8, 4) is 11.3 Å². The van der Waals surface area contributed by atoms with Crippen LogP contribution in [-0.2, 0) is 4.79 Å². The zero-order valence-electron chi connectivity index (χ0n) is 9.36. The van der Waals surface area contributed by atoms with Crippen molar-refractivity contribution in [1.29, 1.82) is 0 Å². The van der Waals surface area contributed by atoms with E-state index < -0.39 is 9.70 Å². The lowest BCUT2D eigenvalue weighted by Gasteiger charge is -2.08. The second-order valence-electron chi connectivity index (χ2n) is 3.62. The highest BCUT2D eigenvalue weighted by Crippen LogP contribution is 2.30. The molecule has 2 rings (SSSR count). The number of carbonyl (C=O) groups is 1. The van der Waals surface area contributed by atoms with Gasteiger partial charge in [0.2, 0.25) is 0 Å². The molecule has 0 aliphatic rings. The minimum Gasteiger partial charge on any atom is -0.399 e. The highest BCUT2D eigenvalue weighted by Gasteiger charge is 2.31. The molecule has 0 radical (unpaired) electrons. The van der Waals surface area contributed by atoms with Gasteiger partial charge in [0, 0.05) is 16.6 Å². The SMILES string of the molecule is Nc1cccc(-c2csc(NC(=O)C(Cl)(Cl)Cl)n2)c1. The molecule has 0 aliphatic carbocycles. The van der Waals surface area contributed by atoms with E-state index in [2.05, 4.69) is 10.3 Å². The lowest BCUT2D eigenvalue weighted by atomic mass is 10.1. The summed E-state index contributed by atoms with van der Waals surface area (Å²) >= 11 is 17.6. The molecule has 19 heavy (non-hydrogen) atoms. The first kappa shape index (κ1) is 14.4. The molecule has 4 nitrogen and oxygen atoms in total. The summed E-state index contributed by atoms with van der Waals surface area (Å²) in [6.07, 6.45) is 0. The minimum absolute atomic E-state index is 0.355. The third kappa shape index (κ3) is 3.73. The highest BCUT2D eigenvalue weighted by atomic mass is 35.6. The van der Waals surface area contributed by atoms with Crippen LogP contribution in [0.3, 0.4) is 0 Å². The molecule has 1 amide bonds. The number of nitrogens with two attached hydrogens (primary N) is 1. The Kier molecular flexibility index (Phi) is 4.20. The van der Waals surface area contributed by atoms with Crippen molar-refractivity contribution in [2.75, 3.05) is 11.1 Å². The van der Waals surface area contributed by atoms with E-state index >= 15 is 0 Å². The van der Waals surface area contributed by atoms with E-state index in [-0.39, 0.29) is 0 Å². The van der Waals surface area contributed by atoms with Crippen LogP contribution in [0.5, 0.6) is 0 Å². The van der Waals surface area contributed by atoms with Crippen LogP contribution in [0.4, 0.5) is 10.8 Å². The third-order valence-corrected chi connectivity index (χ3v) is 3.44. The van der Waals surface area contributed by atoms with Gasteiger partial charge in [-0.2, -0.15) is 0 Å². The first-order chi connectivity index (χ1) is 8.86. The lowest BCUT2D eigenvalue weighted by Crippen LogP contribution is -2.26. The predicted octanol–water partition coefficient (Wildman–Crippen LogP) is 3.70. The van der Waals surface area contributed by atoms with Gasteiger partial charge in [-0.05, 0) is 12.1 Å². The number of halogens is 3. The van der Waals surface area contributed by atoms with Gasteiger partial charge in [0.15, 0.2) is 5.13 Å². The molecular formula is C11H8Cl3N3OS. The minimum atomic E-state index is -2.01. The van der Waals surface area contributed by atoms with E-state index in [0.29, 0.717) is 16.5 Å². The maximum Gasteiger partial charge on any atom is 0.278 e. The smallest absolute Gasteiger partial charge is 0.278 e. The van der Waals surface area contributed by atoms with E-state index in [0.717, 1.165) is 5.56 Å². The topological polar surface area (TPSA) is 68.0 Å². The number of hydrogen-bond donors (Lipinski definition) is 2. The summed E-state index contributed by atoms with van der Waals surface area (Å²) in [5.74, 6) is -0.744. The Morgan fingerprint density at radius 2 is 2.11 bits per heavy atom. The van der Waals surface area contributed by atoms with Gasteiger partial charge in [-0.25, -0.2) is 4.98 Å². The lowest BCUT2D eigenvalue weighted by molar-refractivity contribution is -0.115. The van der Waals surface area contributed by atoms with Gasteiger partial charge in [-0.15, -0.1) is 11.3 Å². The second-order valence-corrected chi connectivity index (χ2v) is 6.75. The molecule has 1 heterocycles. The number of nitrogens with zero attached hydrogens (tertiary/aromatic N) is 1. The quantitative estimate of drug-likeness (QED) is 0.649. The normalized spacial score (nSPS) is 11.3. The summed E-state index contributed by atoms with van der Waals surface area (Å²) in [5.41, 5.74) is 7.87. The van der Waals surface area contributed by atoms with Crippen molar-refractivity contribution in [3.63, 3.8) is 0 Å². The average molecular weight is 337 g/mol. The van der Waals surface area contributed by atoms with Gasteiger partial charge < -0.3 is 5.73 Å². The summed E-state index contributed by atoms with van der Waals surface area (Å²) in [4.78, 5) is 15.7. The number of rotatable bonds is 2. The van der Waals surface area contributed by atoms with Gasteiger partial charge >= 0.3 is 0 Å². The van der Waals surface area contributed by atoms with Crippen LogP contribution in [0.1, 0.15) is 0 Å². The number of benzene rings is 1. The summed E-state index contributed by atoms with van der Waals surface area (Å²) in [6, 6.07) is 7.26. The van der Waals surface area contributed by atoms with Crippen LogP contribution >= 0.6 is 46.1 Å². The van der Waals surface area contributed by atoms with Crippen molar-refractivity contribution in [2.24, 2.45) is 0 Å². The summed E-state index contributed by atoms with van der Waals surface area (Å²) < 4.78 is -2.01. The van der Waals surface area contributed by atoms with E-state index in [1.54, 1.807) is 17.5 Å². The Hall–Kier alpha value is -1.01. The molecule has 100 valence electrons. The Bertz CT molecular complexity index is 609. The molecule has 1 aromatic heterocycles. The van der Waals surface area contributed by atoms with Crippen molar-refractivity contribution in [1.82, 2.24) is 4.98 Å².